The molecule has 0 aliphatic heterocycles. The SMILES string of the molecule is c1ccc(-c2ccc(-n3c4ccccc4c4cc5cc6c(cc5cc43)c3ccccc3n6-c3ccc(-c4ccccn4)cc3)cc2)nc1. The van der Waals surface area contributed by atoms with Gasteiger partial charge in [-0.3, -0.25) is 9.97 Å². The van der Waals surface area contributed by atoms with Gasteiger partial charge in [-0.2, -0.15) is 0 Å². The van der Waals surface area contributed by atoms with E-state index in [2.05, 4.69) is 153 Å². The summed E-state index contributed by atoms with van der Waals surface area (Å²) in [6, 6.07) is 56.5. The largest absolute Gasteiger partial charge is 0.309 e. The van der Waals surface area contributed by atoms with Crippen LogP contribution < -0.4 is 0 Å². The minimum Gasteiger partial charge on any atom is -0.309 e. The van der Waals surface area contributed by atoms with Crippen molar-refractivity contribution in [1.29, 1.82) is 0 Å². The molecule has 0 aliphatic rings. The van der Waals surface area contributed by atoms with Gasteiger partial charge < -0.3 is 9.13 Å². The van der Waals surface area contributed by atoms with Gasteiger partial charge in [0.1, 0.15) is 0 Å². The van der Waals surface area contributed by atoms with Crippen molar-refractivity contribution in [2.24, 2.45) is 0 Å². The molecule has 0 saturated carbocycles. The molecule has 0 fully saturated rings. The first kappa shape index (κ1) is 26.7. The molecule has 0 aliphatic carbocycles. The van der Waals surface area contributed by atoms with E-state index in [0.29, 0.717) is 0 Å². The Hall–Kier alpha value is -6.52. The quantitative estimate of drug-likeness (QED) is 0.198. The van der Waals surface area contributed by atoms with Gasteiger partial charge in [-0.05, 0) is 95.7 Å². The monoisotopic (exact) mass is 612 g/mol. The van der Waals surface area contributed by atoms with Crippen molar-refractivity contribution in [2.45, 2.75) is 0 Å². The predicted molar refractivity (Wildman–Crippen MR) is 199 cm³/mol. The minimum atomic E-state index is 0.976. The summed E-state index contributed by atoms with van der Waals surface area (Å²) in [7, 11) is 0. The van der Waals surface area contributed by atoms with E-state index in [1.165, 1.54) is 54.4 Å². The highest BCUT2D eigenvalue weighted by Crippen LogP contribution is 2.39. The lowest BCUT2D eigenvalue weighted by Crippen LogP contribution is -1.95. The van der Waals surface area contributed by atoms with Crippen LogP contribution in [0.5, 0.6) is 0 Å². The van der Waals surface area contributed by atoms with Crippen LogP contribution in [-0.4, -0.2) is 19.1 Å². The van der Waals surface area contributed by atoms with E-state index >= 15 is 0 Å². The fourth-order valence-electron chi connectivity index (χ4n) is 7.37. The summed E-state index contributed by atoms with van der Waals surface area (Å²) >= 11 is 0. The number of pyridine rings is 2. The summed E-state index contributed by atoms with van der Waals surface area (Å²) in [4.78, 5) is 9.10. The highest BCUT2D eigenvalue weighted by Gasteiger charge is 2.17. The molecule has 0 amide bonds. The number of hydrogen-bond acceptors (Lipinski definition) is 2. The van der Waals surface area contributed by atoms with Crippen molar-refractivity contribution in [3.63, 3.8) is 0 Å². The van der Waals surface area contributed by atoms with Crippen LogP contribution in [0.25, 0.3) is 88.3 Å². The summed E-state index contributed by atoms with van der Waals surface area (Å²) < 4.78 is 4.78. The van der Waals surface area contributed by atoms with Crippen LogP contribution in [0.4, 0.5) is 0 Å². The fourth-order valence-corrected chi connectivity index (χ4v) is 7.37. The normalized spacial score (nSPS) is 11.8. The number of aromatic nitrogens is 4. The Labute approximate surface area is 276 Å². The molecule has 0 unspecified atom stereocenters. The summed E-state index contributed by atoms with van der Waals surface area (Å²) in [5.74, 6) is 0. The molecular weight excluding hydrogens is 585 g/mol. The second-order valence-electron chi connectivity index (χ2n) is 12.3. The van der Waals surface area contributed by atoms with Crippen LogP contribution in [0.15, 0.2) is 170 Å². The zero-order chi connectivity index (χ0) is 31.6. The molecule has 0 atom stereocenters. The van der Waals surface area contributed by atoms with E-state index in [1.807, 2.05) is 36.7 Å². The second kappa shape index (κ2) is 10.5. The van der Waals surface area contributed by atoms with Gasteiger partial charge in [0, 0.05) is 56.4 Å². The van der Waals surface area contributed by atoms with Crippen LogP contribution >= 0.6 is 0 Å². The van der Waals surface area contributed by atoms with Crippen LogP contribution in [0.2, 0.25) is 0 Å². The van der Waals surface area contributed by atoms with Crippen molar-refractivity contribution >= 4 is 54.4 Å². The highest BCUT2D eigenvalue weighted by molar-refractivity contribution is 6.18. The second-order valence-corrected chi connectivity index (χ2v) is 12.3. The highest BCUT2D eigenvalue weighted by atomic mass is 15.0. The predicted octanol–water partition coefficient (Wildman–Crippen LogP) is 11.2. The van der Waals surface area contributed by atoms with E-state index in [4.69, 9.17) is 0 Å². The van der Waals surface area contributed by atoms with Gasteiger partial charge in [0.25, 0.3) is 0 Å². The average molecular weight is 613 g/mol. The number of rotatable bonds is 4. The number of fused-ring (bicyclic) bond motifs is 7. The number of hydrogen-bond donors (Lipinski definition) is 0. The van der Waals surface area contributed by atoms with Gasteiger partial charge in [0.2, 0.25) is 0 Å². The van der Waals surface area contributed by atoms with Gasteiger partial charge in [-0.15, -0.1) is 0 Å². The zero-order valence-corrected chi connectivity index (χ0v) is 26.0. The maximum Gasteiger partial charge on any atom is 0.0701 e. The van der Waals surface area contributed by atoms with E-state index < -0.39 is 0 Å². The standard InChI is InChI=1S/C44H28N4/c1-3-13-41-35(9-1)37-25-31-28-44-38(26-32(31)27-43(37)47(41)33-19-15-29(16-20-33)39-11-5-7-23-45-39)36-10-2-4-14-42(36)48(44)34-21-17-30(18-22-34)40-12-6-8-24-46-40/h1-28H. The van der Waals surface area contributed by atoms with Crippen molar-refractivity contribution < 1.29 is 0 Å². The molecule has 0 radical (unpaired) electrons. The maximum atomic E-state index is 4.55. The minimum absolute atomic E-state index is 0.976. The van der Waals surface area contributed by atoms with E-state index in [-0.39, 0.29) is 0 Å². The van der Waals surface area contributed by atoms with Crippen LogP contribution in [0, 0.1) is 0 Å². The molecule has 4 aromatic heterocycles. The Balaban J connectivity index is 1.18. The van der Waals surface area contributed by atoms with Crippen LogP contribution in [-0.2, 0) is 0 Å². The molecule has 224 valence electrons. The summed E-state index contributed by atoms with van der Waals surface area (Å²) in [5, 5.41) is 7.42. The molecule has 4 heteroatoms. The Morgan fingerprint density at radius 3 is 1.17 bits per heavy atom. The third-order valence-corrected chi connectivity index (χ3v) is 9.59. The summed E-state index contributed by atoms with van der Waals surface area (Å²) in [5.41, 5.74) is 11.2. The molecule has 0 N–H and O–H groups in total. The van der Waals surface area contributed by atoms with Crippen LogP contribution in [0.3, 0.4) is 0 Å². The molecule has 4 heterocycles. The lowest BCUT2D eigenvalue weighted by Gasteiger charge is -2.11. The molecule has 0 bridgehead atoms. The molecule has 4 nitrogen and oxygen atoms in total. The zero-order valence-electron chi connectivity index (χ0n) is 26.0. The molecule has 6 aromatic carbocycles. The van der Waals surface area contributed by atoms with Crippen molar-refractivity contribution in [3.8, 4) is 33.9 Å². The van der Waals surface area contributed by atoms with E-state index in [1.54, 1.807) is 0 Å². The number of benzene rings is 6. The van der Waals surface area contributed by atoms with Gasteiger partial charge in [-0.1, -0.05) is 72.8 Å². The van der Waals surface area contributed by atoms with Gasteiger partial charge >= 0.3 is 0 Å². The van der Waals surface area contributed by atoms with Gasteiger partial charge in [0.15, 0.2) is 0 Å². The average Bonchev–Trinajstić information content (AvgIpc) is 3.65. The topological polar surface area (TPSA) is 35.6 Å². The lowest BCUT2D eigenvalue weighted by molar-refractivity contribution is 1.18. The Kier molecular flexibility index (Phi) is 5.84. The number of nitrogens with zero attached hydrogens (tertiary/aromatic N) is 4. The molecular formula is C44H28N4. The van der Waals surface area contributed by atoms with Crippen LogP contribution in [0.1, 0.15) is 0 Å². The fraction of sp³-hybridized carbons (Fsp3) is 0. The summed E-state index contributed by atoms with van der Waals surface area (Å²) in [6.45, 7) is 0. The van der Waals surface area contributed by atoms with Gasteiger partial charge in [0.05, 0.1) is 33.5 Å². The number of para-hydroxylation sites is 2. The first-order valence-electron chi connectivity index (χ1n) is 16.2. The molecule has 10 rings (SSSR count). The molecule has 0 spiro atoms. The summed E-state index contributed by atoms with van der Waals surface area (Å²) in [6.07, 6.45) is 3.68. The Morgan fingerprint density at radius 2 is 0.750 bits per heavy atom. The van der Waals surface area contributed by atoms with E-state index in [0.717, 1.165) is 33.9 Å². The molecule has 10 aromatic rings. The first-order chi connectivity index (χ1) is 23.8. The Morgan fingerprint density at radius 1 is 0.333 bits per heavy atom. The van der Waals surface area contributed by atoms with Crippen molar-refractivity contribution in [3.05, 3.63) is 170 Å². The maximum absolute atomic E-state index is 4.55. The van der Waals surface area contributed by atoms with Gasteiger partial charge in [-0.25, -0.2) is 0 Å². The molecule has 48 heavy (non-hydrogen) atoms. The third-order valence-electron chi connectivity index (χ3n) is 9.59. The molecule has 0 saturated heterocycles. The first-order valence-corrected chi connectivity index (χ1v) is 16.2. The third kappa shape index (κ3) is 4.10. The van der Waals surface area contributed by atoms with Crippen molar-refractivity contribution in [2.75, 3.05) is 0 Å². The smallest absolute Gasteiger partial charge is 0.0701 e. The van der Waals surface area contributed by atoms with E-state index in [9.17, 15) is 0 Å². The van der Waals surface area contributed by atoms with Crippen molar-refractivity contribution in [1.82, 2.24) is 19.1 Å². The Bertz CT molecular complexity index is 2600. The lowest BCUT2D eigenvalue weighted by atomic mass is 10.0.